The molecule has 4 nitrogen and oxygen atoms in total. The molecule has 1 rings (SSSR count). The normalized spacial score (nSPS) is 25.9. The Morgan fingerprint density at radius 1 is 1.58 bits per heavy atom. The molecule has 0 bridgehead atoms. The standard InChI is InChI=1S/C8H13NO3/c1-4-5(2)9-7(10)6(3)8(11)12-9/h5-6H,4H2,1-3H3. The molecule has 4 heteroatoms. The van der Waals surface area contributed by atoms with E-state index in [1.807, 2.05) is 13.8 Å². The zero-order valence-electron chi connectivity index (χ0n) is 7.53. The number of amides is 1. The molecule has 1 saturated heterocycles. The second-order valence-electron chi connectivity index (χ2n) is 3.05. The first-order valence-corrected chi connectivity index (χ1v) is 4.12. The van der Waals surface area contributed by atoms with Gasteiger partial charge in [-0.3, -0.25) is 4.79 Å². The number of hydrogen-bond acceptors (Lipinski definition) is 3. The second-order valence-corrected chi connectivity index (χ2v) is 3.05. The maximum atomic E-state index is 11.3. The second kappa shape index (κ2) is 3.13. The van der Waals surface area contributed by atoms with Crippen molar-refractivity contribution in [3.05, 3.63) is 0 Å². The van der Waals surface area contributed by atoms with Gasteiger partial charge in [-0.15, -0.1) is 0 Å². The molecule has 1 amide bonds. The van der Waals surface area contributed by atoms with E-state index in [0.29, 0.717) is 0 Å². The predicted molar refractivity (Wildman–Crippen MR) is 41.9 cm³/mol. The van der Waals surface area contributed by atoms with E-state index in [1.54, 1.807) is 6.92 Å². The zero-order chi connectivity index (χ0) is 9.30. The quantitative estimate of drug-likeness (QED) is 0.575. The van der Waals surface area contributed by atoms with Crippen LogP contribution in [0.25, 0.3) is 0 Å². The molecule has 2 unspecified atom stereocenters. The van der Waals surface area contributed by atoms with Crippen LogP contribution in [-0.2, 0) is 14.4 Å². The van der Waals surface area contributed by atoms with Crippen LogP contribution in [0.5, 0.6) is 0 Å². The van der Waals surface area contributed by atoms with E-state index in [-0.39, 0.29) is 11.9 Å². The SMILES string of the molecule is CCC(C)N1OC(=O)C(C)C1=O. The van der Waals surface area contributed by atoms with Crippen LogP contribution in [0.15, 0.2) is 0 Å². The van der Waals surface area contributed by atoms with Gasteiger partial charge in [0.2, 0.25) is 0 Å². The van der Waals surface area contributed by atoms with Crippen molar-refractivity contribution in [2.45, 2.75) is 33.2 Å². The molecule has 0 aromatic heterocycles. The van der Waals surface area contributed by atoms with Gasteiger partial charge in [-0.1, -0.05) is 6.92 Å². The van der Waals surface area contributed by atoms with Gasteiger partial charge in [0.1, 0.15) is 5.92 Å². The van der Waals surface area contributed by atoms with Gasteiger partial charge in [-0.25, -0.2) is 4.79 Å². The maximum absolute atomic E-state index is 11.3. The average molecular weight is 171 g/mol. The number of hydroxylamine groups is 2. The molecule has 12 heavy (non-hydrogen) atoms. The van der Waals surface area contributed by atoms with Crippen LogP contribution in [0.3, 0.4) is 0 Å². The van der Waals surface area contributed by atoms with Crippen LogP contribution in [0, 0.1) is 5.92 Å². The minimum absolute atomic E-state index is 0.0219. The Labute approximate surface area is 71.4 Å². The Balaban J connectivity index is 2.71. The lowest BCUT2D eigenvalue weighted by Gasteiger charge is -2.19. The third-order valence-corrected chi connectivity index (χ3v) is 2.12. The van der Waals surface area contributed by atoms with E-state index < -0.39 is 11.9 Å². The van der Waals surface area contributed by atoms with E-state index in [9.17, 15) is 9.59 Å². The molecule has 1 fully saturated rings. The van der Waals surface area contributed by atoms with Crippen LogP contribution in [0.1, 0.15) is 27.2 Å². The molecular formula is C8H13NO3. The molecule has 0 N–H and O–H groups in total. The largest absolute Gasteiger partial charge is 0.344 e. The van der Waals surface area contributed by atoms with E-state index in [1.165, 1.54) is 5.06 Å². The first-order chi connectivity index (χ1) is 5.57. The molecule has 1 heterocycles. The fourth-order valence-electron chi connectivity index (χ4n) is 0.986. The molecular weight excluding hydrogens is 158 g/mol. The molecule has 1 aliphatic heterocycles. The molecule has 2 atom stereocenters. The van der Waals surface area contributed by atoms with Gasteiger partial charge in [0, 0.05) is 0 Å². The molecule has 0 spiro atoms. The lowest BCUT2D eigenvalue weighted by molar-refractivity contribution is -0.186. The lowest BCUT2D eigenvalue weighted by atomic mass is 10.1. The van der Waals surface area contributed by atoms with Crippen LogP contribution in [0.4, 0.5) is 0 Å². The van der Waals surface area contributed by atoms with Crippen molar-refractivity contribution in [2.24, 2.45) is 5.92 Å². The van der Waals surface area contributed by atoms with Crippen molar-refractivity contribution >= 4 is 11.9 Å². The molecule has 0 aromatic rings. The number of rotatable bonds is 2. The summed E-state index contributed by atoms with van der Waals surface area (Å²) in [5.74, 6) is -1.30. The summed E-state index contributed by atoms with van der Waals surface area (Å²) in [6, 6.07) is -0.0219. The highest BCUT2D eigenvalue weighted by atomic mass is 16.7. The number of hydrogen-bond donors (Lipinski definition) is 0. The van der Waals surface area contributed by atoms with E-state index in [4.69, 9.17) is 4.84 Å². The summed E-state index contributed by atoms with van der Waals surface area (Å²) >= 11 is 0. The molecule has 0 aliphatic carbocycles. The van der Waals surface area contributed by atoms with Crippen molar-refractivity contribution in [1.82, 2.24) is 5.06 Å². The van der Waals surface area contributed by atoms with Gasteiger partial charge in [0.15, 0.2) is 0 Å². The summed E-state index contributed by atoms with van der Waals surface area (Å²) < 4.78 is 0. The smallest absolute Gasteiger partial charge is 0.337 e. The summed E-state index contributed by atoms with van der Waals surface area (Å²) in [7, 11) is 0. The van der Waals surface area contributed by atoms with Gasteiger partial charge in [0.25, 0.3) is 5.91 Å². The Hall–Kier alpha value is -1.06. The van der Waals surface area contributed by atoms with E-state index in [0.717, 1.165) is 6.42 Å². The van der Waals surface area contributed by atoms with Crippen LogP contribution >= 0.6 is 0 Å². The Morgan fingerprint density at radius 2 is 2.17 bits per heavy atom. The highest BCUT2D eigenvalue weighted by Gasteiger charge is 2.40. The number of carbonyl (C=O) groups is 2. The highest BCUT2D eigenvalue weighted by molar-refractivity contribution is 6.01. The number of nitrogens with zero attached hydrogens (tertiary/aromatic N) is 1. The van der Waals surface area contributed by atoms with Crippen molar-refractivity contribution in [3.63, 3.8) is 0 Å². The van der Waals surface area contributed by atoms with Gasteiger partial charge in [-0.05, 0) is 20.3 Å². The minimum atomic E-state index is -0.626. The fourth-order valence-corrected chi connectivity index (χ4v) is 0.986. The summed E-state index contributed by atoms with van der Waals surface area (Å²) in [5.41, 5.74) is 0. The maximum Gasteiger partial charge on any atom is 0.344 e. The summed E-state index contributed by atoms with van der Waals surface area (Å²) in [4.78, 5) is 27.0. The third kappa shape index (κ3) is 1.29. The Kier molecular flexibility index (Phi) is 2.35. The Morgan fingerprint density at radius 3 is 2.50 bits per heavy atom. The van der Waals surface area contributed by atoms with E-state index in [2.05, 4.69) is 0 Å². The van der Waals surface area contributed by atoms with Gasteiger partial charge in [-0.2, -0.15) is 5.06 Å². The highest BCUT2D eigenvalue weighted by Crippen LogP contribution is 2.19. The molecule has 0 radical (unpaired) electrons. The average Bonchev–Trinajstić information content (AvgIpc) is 2.32. The summed E-state index contributed by atoms with van der Waals surface area (Å²) in [5, 5.41) is 1.17. The van der Waals surface area contributed by atoms with Crippen LogP contribution in [-0.4, -0.2) is 23.0 Å². The van der Waals surface area contributed by atoms with Crippen molar-refractivity contribution in [3.8, 4) is 0 Å². The first kappa shape index (κ1) is 9.03. The van der Waals surface area contributed by atoms with Crippen LogP contribution < -0.4 is 0 Å². The van der Waals surface area contributed by atoms with Gasteiger partial charge < -0.3 is 4.84 Å². The van der Waals surface area contributed by atoms with E-state index >= 15 is 0 Å². The molecule has 68 valence electrons. The van der Waals surface area contributed by atoms with Crippen molar-refractivity contribution in [1.29, 1.82) is 0 Å². The van der Waals surface area contributed by atoms with Gasteiger partial charge >= 0.3 is 5.97 Å². The fraction of sp³-hybridized carbons (Fsp3) is 0.750. The summed E-state index contributed by atoms with van der Waals surface area (Å²) in [6.45, 7) is 5.35. The molecule has 0 saturated carbocycles. The summed E-state index contributed by atoms with van der Waals surface area (Å²) in [6.07, 6.45) is 0.783. The Bertz CT molecular complexity index is 214. The zero-order valence-corrected chi connectivity index (χ0v) is 7.53. The minimum Gasteiger partial charge on any atom is -0.337 e. The molecule has 1 aliphatic rings. The monoisotopic (exact) mass is 171 g/mol. The number of carbonyl (C=O) groups excluding carboxylic acids is 2. The topological polar surface area (TPSA) is 46.6 Å². The molecule has 0 aromatic carbocycles. The van der Waals surface area contributed by atoms with Crippen molar-refractivity contribution in [2.75, 3.05) is 0 Å². The van der Waals surface area contributed by atoms with Gasteiger partial charge in [0.05, 0.1) is 6.04 Å². The lowest BCUT2D eigenvalue weighted by Crippen LogP contribution is -2.33. The first-order valence-electron chi connectivity index (χ1n) is 4.12. The van der Waals surface area contributed by atoms with Crippen LogP contribution in [0.2, 0.25) is 0 Å². The van der Waals surface area contributed by atoms with Crippen molar-refractivity contribution < 1.29 is 14.4 Å². The third-order valence-electron chi connectivity index (χ3n) is 2.12. The predicted octanol–water partition coefficient (Wildman–Crippen LogP) is 0.721.